The second kappa shape index (κ2) is 16.1. The Labute approximate surface area is 65.2 Å². The summed E-state index contributed by atoms with van der Waals surface area (Å²) in [6.07, 6.45) is 0. The van der Waals surface area contributed by atoms with E-state index in [1.54, 1.807) is 0 Å². The second-order valence-electron chi connectivity index (χ2n) is 1.28. The predicted molar refractivity (Wildman–Crippen MR) is 39.8 cm³/mol. The summed E-state index contributed by atoms with van der Waals surface area (Å²) in [5.74, 6) is 4.48. The van der Waals surface area contributed by atoms with Crippen LogP contribution in [0.15, 0.2) is 5.16 Å². The van der Waals surface area contributed by atoms with E-state index < -0.39 is 0 Å². The third-order valence-corrected chi connectivity index (χ3v) is 0.483. The van der Waals surface area contributed by atoms with Crippen LogP contribution in [-0.4, -0.2) is 43.4 Å². The fourth-order valence-electron chi connectivity index (χ4n) is 0.158. The average molecular weight is 166 g/mol. The fourth-order valence-corrected chi connectivity index (χ4v) is 0.158. The molecule has 0 aliphatic heterocycles. The van der Waals surface area contributed by atoms with E-state index in [0.29, 0.717) is 0 Å². The largest absolute Gasteiger partial charge is 0.394 e. The highest BCUT2D eigenvalue weighted by Crippen LogP contribution is 1.66. The lowest BCUT2D eigenvalue weighted by Gasteiger charge is -1.87. The Morgan fingerprint density at radius 3 is 1.91 bits per heavy atom. The van der Waals surface area contributed by atoms with E-state index in [1.807, 2.05) is 0 Å². The third-order valence-electron chi connectivity index (χ3n) is 0.483. The van der Waals surface area contributed by atoms with Gasteiger partial charge in [-0.1, -0.05) is 0 Å². The highest BCUT2D eigenvalue weighted by molar-refractivity contribution is 5.21. The Morgan fingerprint density at radius 2 is 1.82 bits per heavy atom. The zero-order chi connectivity index (χ0) is 8.95. The first kappa shape index (κ1) is 12.9. The normalized spacial score (nSPS) is 7.91. The highest BCUT2D eigenvalue weighted by atomic mass is 16.6. The van der Waals surface area contributed by atoms with Gasteiger partial charge in [0.15, 0.2) is 0 Å². The fraction of sp³-hybridized carbons (Fsp3) is 0.800. The van der Waals surface area contributed by atoms with Crippen molar-refractivity contribution >= 4 is 6.72 Å². The Morgan fingerprint density at radius 1 is 1.27 bits per heavy atom. The topological polar surface area (TPSA) is 97.3 Å². The number of aliphatic hydroxyl groups is 2. The Hall–Kier alpha value is -0.690. The van der Waals surface area contributed by atoms with Crippen molar-refractivity contribution in [3.63, 3.8) is 0 Å². The van der Waals surface area contributed by atoms with Crippen LogP contribution >= 0.6 is 0 Å². The molecule has 6 heteroatoms. The van der Waals surface area contributed by atoms with Crippen LogP contribution in [0.2, 0.25) is 0 Å². The van der Waals surface area contributed by atoms with E-state index in [1.165, 1.54) is 0 Å². The molecule has 4 N–H and O–H groups in total. The van der Waals surface area contributed by atoms with Crippen LogP contribution in [0, 0.1) is 0 Å². The van der Waals surface area contributed by atoms with Gasteiger partial charge in [-0.25, -0.2) is 5.90 Å². The summed E-state index contributed by atoms with van der Waals surface area (Å²) in [4.78, 5) is 8.19. The number of hydrogen-bond acceptors (Lipinski definition) is 6. The van der Waals surface area contributed by atoms with Crippen molar-refractivity contribution in [1.29, 1.82) is 0 Å². The van der Waals surface area contributed by atoms with Gasteiger partial charge in [-0.15, -0.1) is 5.16 Å². The quantitative estimate of drug-likeness (QED) is 0.262. The minimum Gasteiger partial charge on any atom is -0.394 e. The van der Waals surface area contributed by atoms with Crippen molar-refractivity contribution in [2.75, 3.05) is 26.4 Å². The molecule has 0 aliphatic carbocycles. The Balaban J connectivity index is 0. The van der Waals surface area contributed by atoms with Crippen molar-refractivity contribution in [2.24, 2.45) is 11.1 Å². The summed E-state index contributed by atoms with van der Waals surface area (Å²) in [7, 11) is 0. The molecule has 0 aromatic rings. The van der Waals surface area contributed by atoms with Gasteiger partial charge >= 0.3 is 0 Å². The van der Waals surface area contributed by atoms with Gasteiger partial charge in [-0.2, -0.15) is 0 Å². The van der Waals surface area contributed by atoms with E-state index in [4.69, 9.17) is 10.2 Å². The first-order valence-electron chi connectivity index (χ1n) is 2.94. The lowest BCUT2D eigenvalue weighted by molar-refractivity contribution is 0.0938. The van der Waals surface area contributed by atoms with Crippen LogP contribution in [-0.2, 0) is 9.68 Å². The molecule has 0 aromatic heterocycles. The summed E-state index contributed by atoms with van der Waals surface area (Å²) in [6.45, 7) is 3.47. The molecule has 0 aromatic carbocycles. The number of aliphatic hydroxyl groups excluding tert-OH is 2. The van der Waals surface area contributed by atoms with Gasteiger partial charge in [0.1, 0.15) is 6.61 Å². The summed E-state index contributed by atoms with van der Waals surface area (Å²) in [5.41, 5.74) is 0. The maximum absolute atomic E-state index is 7.98. The van der Waals surface area contributed by atoms with Crippen LogP contribution < -0.4 is 5.90 Å². The van der Waals surface area contributed by atoms with E-state index in [-0.39, 0.29) is 26.4 Å². The van der Waals surface area contributed by atoms with Gasteiger partial charge in [-0.3, -0.25) is 0 Å². The van der Waals surface area contributed by atoms with Gasteiger partial charge in [0.05, 0.1) is 19.8 Å². The Kier molecular flexibility index (Phi) is 19.0. The van der Waals surface area contributed by atoms with Gasteiger partial charge in [0.25, 0.3) is 0 Å². The van der Waals surface area contributed by atoms with Crippen molar-refractivity contribution in [3.8, 4) is 0 Å². The van der Waals surface area contributed by atoms with Gasteiger partial charge in [0, 0.05) is 6.72 Å². The Bertz CT molecular complexity index is 69.5. The monoisotopic (exact) mass is 166 g/mol. The molecule has 0 aliphatic rings. The molecule has 0 rings (SSSR count). The van der Waals surface area contributed by atoms with E-state index in [9.17, 15) is 0 Å². The molecule has 0 bridgehead atoms. The summed E-state index contributed by atoms with van der Waals surface area (Å²) >= 11 is 0. The van der Waals surface area contributed by atoms with Crippen molar-refractivity contribution in [1.82, 2.24) is 0 Å². The van der Waals surface area contributed by atoms with Crippen LogP contribution in [0.25, 0.3) is 0 Å². The highest BCUT2D eigenvalue weighted by Gasteiger charge is 1.71. The molecule has 68 valence electrons. The zero-order valence-corrected chi connectivity index (χ0v) is 6.27. The summed E-state index contributed by atoms with van der Waals surface area (Å²) in [5, 5.41) is 18.9. The molecule has 0 atom stereocenters. The summed E-state index contributed by atoms with van der Waals surface area (Å²) in [6, 6.07) is 0. The standard InChI is InChI=1S/C3H7NO2.C2H7NO2/c1-4-6-3-2-5;3-5-2-1-4/h5H,1-3H2;4H,1-3H2. The second-order valence-corrected chi connectivity index (χ2v) is 1.28. The first-order valence-corrected chi connectivity index (χ1v) is 2.94. The third kappa shape index (κ3) is 26.8. The molecule has 0 spiro atoms. The van der Waals surface area contributed by atoms with Crippen LogP contribution in [0.3, 0.4) is 0 Å². The van der Waals surface area contributed by atoms with Gasteiger partial charge < -0.3 is 19.9 Å². The SMILES string of the molecule is C=NOCCO.NOCCO. The van der Waals surface area contributed by atoms with Crippen molar-refractivity contribution in [3.05, 3.63) is 0 Å². The number of hydrogen-bond donors (Lipinski definition) is 3. The number of rotatable bonds is 5. The minimum absolute atomic E-state index is 0.000972. The molecule has 0 unspecified atom stereocenters. The minimum atomic E-state index is -0.00347. The van der Waals surface area contributed by atoms with Crippen LogP contribution in [0.4, 0.5) is 0 Å². The maximum Gasteiger partial charge on any atom is 0.140 e. The zero-order valence-electron chi connectivity index (χ0n) is 6.27. The van der Waals surface area contributed by atoms with E-state index >= 15 is 0 Å². The molecular formula is C5H14N2O4. The van der Waals surface area contributed by atoms with Crippen molar-refractivity contribution in [2.45, 2.75) is 0 Å². The van der Waals surface area contributed by atoms with E-state index in [2.05, 4.69) is 27.4 Å². The molecule has 0 heterocycles. The number of nitrogens with two attached hydrogens (primary N) is 1. The predicted octanol–water partition coefficient (Wildman–Crippen LogP) is -1.52. The smallest absolute Gasteiger partial charge is 0.140 e. The number of oxime groups is 1. The molecule has 0 saturated carbocycles. The molecule has 0 radical (unpaired) electrons. The lowest BCUT2D eigenvalue weighted by atomic mass is 10.8. The summed E-state index contributed by atoms with van der Waals surface area (Å²) < 4.78 is 0. The maximum atomic E-state index is 7.98. The molecule has 0 fully saturated rings. The molecule has 11 heavy (non-hydrogen) atoms. The van der Waals surface area contributed by atoms with Gasteiger partial charge in [-0.05, 0) is 0 Å². The number of nitrogens with zero attached hydrogens (tertiary/aromatic N) is 1. The molecular weight excluding hydrogens is 152 g/mol. The first-order chi connectivity index (χ1) is 5.33. The van der Waals surface area contributed by atoms with Crippen molar-refractivity contribution < 1.29 is 19.9 Å². The van der Waals surface area contributed by atoms with E-state index in [0.717, 1.165) is 0 Å². The molecule has 0 saturated heterocycles. The van der Waals surface area contributed by atoms with Gasteiger partial charge in [0.2, 0.25) is 0 Å². The van der Waals surface area contributed by atoms with Crippen LogP contribution in [0.1, 0.15) is 0 Å². The lowest BCUT2D eigenvalue weighted by Crippen LogP contribution is -2.03. The van der Waals surface area contributed by atoms with Crippen LogP contribution in [0.5, 0.6) is 0 Å². The molecule has 6 nitrogen and oxygen atoms in total. The molecule has 0 amide bonds. The average Bonchev–Trinajstić information content (AvgIpc) is 2.04.